The molecule has 0 fully saturated rings. The molecule has 17 heavy (non-hydrogen) atoms. The predicted molar refractivity (Wildman–Crippen MR) is 59.1 cm³/mol. The number of aromatic nitrogens is 1. The molecule has 1 N–H and O–H groups in total. The Morgan fingerprint density at radius 2 is 2.00 bits per heavy atom. The van der Waals surface area contributed by atoms with E-state index < -0.39 is 16.4 Å². The van der Waals surface area contributed by atoms with Crippen molar-refractivity contribution >= 4 is 5.69 Å². The maximum Gasteiger partial charge on any atom is 0.305 e. The Balaban J connectivity index is 2.57. The molecule has 6 heteroatoms. The van der Waals surface area contributed by atoms with Crippen LogP contribution in [0.25, 0.3) is 11.3 Å². The summed E-state index contributed by atoms with van der Waals surface area (Å²) in [6.07, 6.45) is 0. The Kier molecular flexibility index (Phi) is 2.70. The molecule has 5 nitrogen and oxygen atoms in total. The van der Waals surface area contributed by atoms with E-state index in [9.17, 15) is 19.3 Å². The van der Waals surface area contributed by atoms with E-state index in [2.05, 4.69) is 4.98 Å². The lowest BCUT2D eigenvalue weighted by atomic mass is 10.1. The highest BCUT2D eigenvalue weighted by atomic mass is 19.1. The molecule has 0 unspecified atom stereocenters. The zero-order valence-electron chi connectivity index (χ0n) is 8.51. The molecule has 0 radical (unpaired) electrons. The molecule has 0 atom stereocenters. The first kappa shape index (κ1) is 11.0. The van der Waals surface area contributed by atoms with Gasteiger partial charge in [-0.15, -0.1) is 0 Å². The summed E-state index contributed by atoms with van der Waals surface area (Å²) in [7, 11) is 0. The number of aromatic amines is 1. The first-order chi connectivity index (χ1) is 8.08. The summed E-state index contributed by atoms with van der Waals surface area (Å²) in [5.74, 6) is -0.906. The number of nitrogens with zero attached hydrogens (tertiary/aromatic N) is 1. The second kappa shape index (κ2) is 4.17. The van der Waals surface area contributed by atoms with Crippen LogP contribution in [-0.4, -0.2) is 9.91 Å². The third-order valence-corrected chi connectivity index (χ3v) is 2.22. The number of nitrogens with one attached hydrogen (secondary N) is 1. The zero-order valence-corrected chi connectivity index (χ0v) is 8.51. The minimum Gasteiger partial charge on any atom is -0.322 e. The summed E-state index contributed by atoms with van der Waals surface area (Å²) in [5.41, 5.74) is -0.155. The summed E-state index contributed by atoms with van der Waals surface area (Å²) < 4.78 is 13.1. The Labute approximate surface area is 94.7 Å². The second-order valence-electron chi connectivity index (χ2n) is 3.35. The molecule has 0 aliphatic carbocycles. The lowest BCUT2D eigenvalue weighted by Crippen LogP contribution is -2.03. The largest absolute Gasteiger partial charge is 0.322 e. The number of rotatable bonds is 2. The van der Waals surface area contributed by atoms with Crippen LogP contribution in [0.5, 0.6) is 0 Å². The lowest BCUT2D eigenvalue weighted by Gasteiger charge is -2.01. The van der Waals surface area contributed by atoms with Gasteiger partial charge in [0.25, 0.3) is 0 Å². The number of hydrogen-bond acceptors (Lipinski definition) is 3. The van der Waals surface area contributed by atoms with E-state index in [1.54, 1.807) is 6.07 Å². The van der Waals surface area contributed by atoms with E-state index in [1.165, 1.54) is 18.2 Å². The summed E-state index contributed by atoms with van der Waals surface area (Å²) in [6.45, 7) is 0. The fraction of sp³-hybridized carbons (Fsp3) is 0. The lowest BCUT2D eigenvalue weighted by molar-refractivity contribution is -0.387. The minimum atomic E-state index is -0.906. The fourth-order valence-corrected chi connectivity index (χ4v) is 1.44. The van der Waals surface area contributed by atoms with Crippen molar-refractivity contribution in [1.29, 1.82) is 0 Å². The Morgan fingerprint density at radius 1 is 1.24 bits per heavy atom. The maximum atomic E-state index is 13.1. The monoisotopic (exact) mass is 234 g/mol. The normalized spacial score (nSPS) is 10.2. The van der Waals surface area contributed by atoms with Gasteiger partial charge in [-0.25, -0.2) is 0 Å². The molecule has 1 aromatic heterocycles. The van der Waals surface area contributed by atoms with Gasteiger partial charge in [0.1, 0.15) is 0 Å². The van der Waals surface area contributed by atoms with Gasteiger partial charge in [-0.2, -0.15) is 4.39 Å². The van der Waals surface area contributed by atoms with Gasteiger partial charge in [-0.3, -0.25) is 14.9 Å². The smallest absolute Gasteiger partial charge is 0.305 e. The van der Waals surface area contributed by atoms with Crippen LogP contribution in [0.2, 0.25) is 0 Å². The van der Waals surface area contributed by atoms with E-state index in [4.69, 9.17) is 0 Å². The Morgan fingerprint density at radius 3 is 2.65 bits per heavy atom. The highest BCUT2D eigenvalue weighted by Gasteiger charge is 2.14. The van der Waals surface area contributed by atoms with Gasteiger partial charge in [-0.05, 0) is 18.2 Å². The van der Waals surface area contributed by atoms with Crippen molar-refractivity contribution in [1.82, 2.24) is 4.98 Å². The van der Waals surface area contributed by atoms with Crippen molar-refractivity contribution in [3.63, 3.8) is 0 Å². The predicted octanol–water partition coefficient (Wildman–Crippen LogP) is 2.09. The second-order valence-corrected chi connectivity index (χ2v) is 3.35. The van der Waals surface area contributed by atoms with Crippen LogP contribution >= 0.6 is 0 Å². The van der Waals surface area contributed by atoms with Crippen molar-refractivity contribution in [2.45, 2.75) is 0 Å². The maximum absolute atomic E-state index is 13.1. The molecule has 0 aliphatic heterocycles. The van der Waals surface area contributed by atoms with E-state index in [0.29, 0.717) is 11.3 Å². The Hall–Kier alpha value is -2.50. The highest BCUT2D eigenvalue weighted by Crippen LogP contribution is 2.24. The van der Waals surface area contributed by atoms with Crippen LogP contribution in [0, 0.1) is 15.9 Å². The van der Waals surface area contributed by atoms with Gasteiger partial charge in [0, 0.05) is 23.4 Å². The van der Waals surface area contributed by atoms with Gasteiger partial charge in [0.2, 0.25) is 11.4 Å². The van der Waals surface area contributed by atoms with Crippen molar-refractivity contribution in [3.05, 3.63) is 62.7 Å². The van der Waals surface area contributed by atoms with Crippen molar-refractivity contribution in [2.24, 2.45) is 0 Å². The van der Waals surface area contributed by atoms with Crippen LogP contribution in [0.15, 0.2) is 41.2 Å². The van der Waals surface area contributed by atoms with Gasteiger partial charge < -0.3 is 4.98 Å². The Bertz CT molecular complexity index is 637. The van der Waals surface area contributed by atoms with E-state index in [1.807, 2.05) is 0 Å². The molecule has 0 bridgehead atoms. The molecular weight excluding hydrogens is 227 g/mol. The van der Waals surface area contributed by atoms with Gasteiger partial charge in [0.15, 0.2) is 0 Å². The first-order valence-corrected chi connectivity index (χ1v) is 4.71. The number of pyridine rings is 1. The quantitative estimate of drug-likeness (QED) is 0.638. The summed E-state index contributed by atoms with van der Waals surface area (Å²) in [6, 6.07) is 7.87. The van der Waals surface area contributed by atoms with Crippen molar-refractivity contribution in [2.75, 3.05) is 0 Å². The number of hydrogen-bond donors (Lipinski definition) is 1. The summed E-state index contributed by atoms with van der Waals surface area (Å²) in [4.78, 5) is 23.4. The molecule has 1 aromatic carbocycles. The number of benzene rings is 1. The summed E-state index contributed by atoms with van der Waals surface area (Å²) >= 11 is 0. The van der Waals surface area contributed by atoms with Crippen molar-refractivity contribution < 1.29 is 9.31 Å². The minimum absolute atomic E-state index is 0.325. The SMILES string of the molecule is O=c1cccc(-c2ccc(F)c([N+](=O)[O-])c2)[nH]1. The van der Waals surface area contributed by atoms with E-state index >= 15 is 0 Å². The molecule has 2 rings (SSSR count). The van der Waals surface area contributed by atoms with Crippen LogP contribution in [0.4, 0.5) is 10.1 Å². The van der Waals surface area contributed by atoms with Crippen LogP contribution in [0.1, 0.15) is 0 Å². The molecule has 0 aliphatic rings. The number of nitro benzene ring substituents is 1. The van der Waals surface area contributed by atoms with Crippen LogP contribution in [-0.2, 0) is 0 Å². The number of H-pyrrole nitrogens is 1. The van der Waals surface area contributed by atoms with E-state index in [0.717, 1.165) is 12.1 Å². The molecule has 0 spiro atoms. The van der Waals surface area contributed by atoms with Gasteiger partial charge >= 0.3 is 5.69 Å². The number of nitro groups is 1. The zero-order chi connectivity index (χ0) is 12.4. The van der Waals surface area contributed by atoms with Crippen LogP contribution in [0.3, 0.4) is 0 Å². The van der Waals surface area contributed by atoms with Crippen LogP contribution < -0.4 is 5.56 Å². The topological polar surface area (TPSA) is 76.0 Å². The average Bonchev–Trinajstić information content (AvgIpc) is 2.29. The van der Waals surface area contributed by atoms with Gasteiger partial charge in [-0.1, -0.05) is 6.07 Å². The third kappa shape index (κ3) is 2.20. The van der Waals surface area contributed by atoms with E-state index in [-0.39, 0.29) is 5.56 Å². The van der Waals surface area contributed by atoms with Gasteiger partial charge in [0.05, 0.1) is 4.92 Å². The molecule has 0 saturated carbocycles. The molecular formula is C11H7FN2O3. The molecule has 0 amide bonds. The third-order valence-electron chi connectivity index (χ3n) is 2.22. The molecule has 86 valence electrons. The fourth-order valence-electron chi connectivity index (χ4n) is 1.44. The average molecular weight is 234 g/mol. The molecule has 2 aromatic rings. The highest BCUT2D eigenvalue weighted by molar-refractivity contribution is 5.62. The first-order valence-electron chi connectivity index (χ1n) is 4.71. The standard InChI is InChI=1S/C11H7FN2O3/c12-8-5-4-7(6-10(8)14(16)17)9-2-1-3-11(15)13-9/h1-6H,(H,13,15). The summed E-state index contributed by atoms with van der Waals surface area (Å²) in [5, 5.41) is 10.6. The molecule has 0 saturated heterocycles. The van der Waals surface area contributed by atoms with Crippen molar-refractivity contribution in [3.8, 4) is 11.3 Å². The number of halogens is 1. The molecule has 1 heterocycles.